The van der Waals surface area contributed by atoms with Gasteiger partial charge in [-0.25, -0.2) is 4.57 Å². The Morgan fingerprint density at radius 3 is 1.73 bits per heavy atom. The number of hydrogen-bond donors (Lipinski definition) is 7. The fourth-order valence-electron chi connectivity index (χ4n) is 6.25. The molecule has 0 heterocycles. The molecule has 9 atom stereocenters. The van der Waals surface area contributed by atoms with Crippen molar-refractivity contribution in [1.29, 1.82) is 0 Å². The number of phosphoric ester groups is 1. The normalized spacial score (nSPS) is 23.0. The molecule has 1 saturated carbocycles. The number of hydrogen-bond acceptors (Lipinski definition) is 13. The summed E-state index contributed by atoms with van der Waals surface area (Å²) < 4.78 is 33.4. The second-order valence-corrected chi connectivity index (χ2v) is 17.1. The average molecular weight is 923 g/mol. The number of phosphoric acid groups is 1. The molecule has 0 saturated heterocycles. The van der Waals surface area contributed by atoms with Gasteiger partial charge in [-0.15, -0.1) is 0 Å². The molecule has 1 rings (SSSR count). The van der Waals surface area contributed by atoms with E-state index >= 15 is 0 Å². The van der Waals surface area contributed by atoms with Gasteiger partial charge in [0.25, 0.3) is 0 Å². The lowest BCUT2D eigenvalue weighted by Crippen LogP contribution is -2.64. The van der Waals surface area contributed by atoms with Crippen molar-refractivity contribution in [1.82, 2.24) is 0 Å². The zero-order valence-corrected chi connectivity index (χ0v) is 39.0. The summed E-state index contributed by atoms with van der Waals surface area (Å²) in [5.74, 6) is -1.31. The molecule has 14 nitrogen and oxygen atoms in total. The summed E-state index contributed by atoms with van der Waals surface area (Å²) in [4.78, 5) is 35.7. The highest BCUT2D eigenvalue weighted by Crippen LogP contribution is 2.47. The lowest BCUT2D eigenvalue weighted by atomic mass is 9.85. The number of esters is 2. The highest BCUT2D eigenvalue weighted by molar-refractivity contribution is 7.47. The molecular weight excluding hydrogens is 843 g/mol. The van der Waals surface area contributed by atoms with E-state index in [2.05, 4.69) is 74.6 Å². The maximum absolute atomic E-state index is 12.8. The summed E-state index contributed by atoms with van der Waals surface area (Å²) in [6.45, 7) is 2.98. The fraction of sp³-hybridized carbons (Fsp3) is 0.633. The largest absolute Gasteiger partial charge is 0.472 e. The first-order valence-corrected chi connectivity index (χ1v) is 24.6. The summed E-state index contributed by atoms with van der Waals surface area (Å²) >= 11 is 0. The number of allylic oxidation sites excluding steroid dienone is 14. The topological polar surface area (TPSA) is 230 Å². The van der Waals surface area contributed by atoms with E-state index in [0.717, 1.165) is 70.6 Å². The lowest BCUT2D eigenvalue weighted by molar-refractivity contribution is -0.220. The van der Waals surface area contributed by atoms with Crippen LogP contribution in [0.2, 0.25) is 0 Å². The van der Waals surface area contributed by atoms with E-state index in [-0.39, 0.29) is 19.3 Å². The van der Waals surface area contributed by atoms with Crippen molar-refractivity contribution in [2.75, 3.05) is 13.2 Å². The standard InChI is InChI=1S/C49H79O14P/c1-3-5-7-9-11-13-15-17-18-20-22-24-26-28-32-37-43(52)62-41(39-61-64(58,59)63-49-47(56)45(54)44(53)46(55)48(49)57)38-60-42(51)36-33-29-31-35-40(50)34-30-27-25-23-21-19-16-14-12-10-8-6-4-2/h6,8,11-14,17-19,21,25,27,29-31,34,40-41,44-50,53-57H,3-5,7,9-10,15-16,20,22-24,26,28,32-33,35-39H2,1-2H3,(H,58,59)/b8-6-,13-11-,14-12-,18-17-,21-19-,27-25-,31-29-,34-30-/t40?,41-,44?,45-,46+,47-,48-,49?/m1/s1. The second-order valence-electron chi connectivity index (χ2n) is 15.7. The molecule has 0 aromatic rings. The van der Waals surface area contributed by atoms with Gasteiger partial charge in [0, 0.05) is 12.8 Å². The summed E-state index contributed by atoms with van der Waals surface area (Å²) in [5, 5.41) is 60.4. The van der Waals surface area contributed by atoms with Crippen LogP contribution in [0.3, 0.4) is 0 Å². The Bertz CT molecular complexity index is 1500. The SMILES string of the molecule is CC/C=C\C/C=C\C/C=C\C/C=C\C=C/C(O)C/C=C\CCC(=O)OC[C@H](COP(=O)(O)OC1[C@H](O)[C@H](O)C(O)[C@H](O)[C@H]1O)OC(=O)CCCCCCC/C=C\C/C=C\CCCCC. The number of unbranched alkanes of at least 4 members (excludes halogenated alkanes) is 8. The Labute approximate surface area is 382 Å². The van der Waals surface area contributed by atoms with Crippen LogP contribution in [0, 0.1) is 0 Å². The Morgan fingerprint density at radius 2 is 1.11 bits per heavy atom. The van der Waals surface area contributed by atoms with E-state index in [4.69, 9.17) is 18.5 Å². The van der Waals surface area contributed by atoms with Crippen LogP contribution in [0.5, 0.6) is 0 Å². The molecule has 0 aromatic heterocycles. The third-order valence-electron chi connectivity index (χ3n) is 10.0. The van der Waals surface area contributed by atoms with Gasteiger partial charge in [0.1, 0.15) is 43.2 Å². The third kappa shape index (κ3) is 30.0. The predicted molar refractivity (Wildman–Crippen MR) is 250 cm³/mol. The van der Waals surface area contributed by atoms with Gasteiger partial charge in [-0.1, -0.05) is 143 Å². The average Bonchev–Trinajstić information content (AvgIpc) is 3.27. The quantitative estimate of drug-likeness (QED) is 0.0104. The summed E-state index contributed by atoms with van der Waals surface area (Å²) in [6.07, 6.45) is 33.4. The van der Waals surface area contributed by atoms with Crippen molar-refractivity contribution in [2.24, 2.45) is 0 Å². The van der Waals surface area contributed by atoms with E-state index in [1.54, 1.807) is 24.3 Å². The van der Waals surface area contributed by atoms with Gasteiger partial charge in [0.15, 0.2) is 6.10 Å². The Morgan fingerprint density at radius 1 is 0.578 bits per heavy atom. The molecule has 0 spiro atoms. The highest BCUT2D eigenvalue weighted by Gasteiger charge is 2.51. The van der Waals surface area contributed by atoms with Crippen molar-refractivity contribution < 1.29 is 68.2 Å². The van der Waals surface area contributed by atoms with Crippen molar-refractivity contribution in [3.8, 4) is 0 Å². The maximum Gasteiger partial charge on any atom is 0.472 e. The van der Waals surface area contributed by atoms with E-state index in [9.17, 15) is 49.7 Å². The lowest BCUT2D eigenvalue weighted by Gasteiger charge is -2.41. The third-order valence-corrected chi connectivity index (χ3v) is 11.0. The molecule has 0 amide bonds. The minimum atomic E-state index is -5.17. The van der Waals surface area contributed by atoms with Crippen molar-refractivity contribution in [3.05, 3.63) is 97.2 Å². The zero-order chi connectivity index (χ0) is 47.3. The van der Waals surface area contributed by atoms with Crippen LogP contribution in [0.25, 0.3) is 0 Å². The summed E-state index contributed by atoms with van der Waals surface area (Å²) in [5.41, 5.74) is 0. The second kappa shape index (κ2) is 37.9. The Balaban J connectivity index is 2.57. The van der Waals surface area contributed by atoms with Gasteiger partial charge >= 0.3 is 19.8 Å². The minimum Gasteiger partial charge on any atom is -0.462 e. The number of rotatable bonds is 36. The molecule has 0 aromatic carbocycles. The zero-order valence-electron chi connectivity index (χ0n) is 38.1. The van der Waals surface area contributed by atoms with Crippen LogP contribution >= 0.6 is 7.82 Å². The fourth-order valence-corrected chi connectivity index (χ4v) is 7.22. The molecule has 1 aliphatic carbocycles. The number of ether oxygens (including phenoxy) is 2. The molecule has 4 unspecified atom stereocenters. The van der Waals surface area contributed by atoms with E-state index < -0.39 is 81.8 Å². The smallest absolute Gasteiger partial charge is 0.462 e. The van der Waals surface area contributed by atoms with Gasteiger partial charge in [-0.3, -0.25) is 18.6 Å². The number of aliphatic hydroxyl groups is 6. The van der Waals surface area contributed by atoms with Crippen LogP contribution < -0.4 is 0 Å². The van der Waals surface area contributed by atoms with E-state index in [1.165, 1.54) is 19.3 Å². The van der Waals surface area contributed by atoms with Crippen LogP contribution in [0.1, 0.15) is 136 Å². The van der Waals surface area contributed by atoms with E-state index in [1.807, 2.05) is 12.2 Å². The van der Waals surface area contributed by atoms with Crippen LogP contribution in [0.15, 0.2) is 97.2 Å². The van der Waals surface area contributed by atoms with Gasteiger partial charge in [-0.2, -0.15) is 0 Å². The first-order chi connectivity index (χ1) is 30.8. The monoisotopic (exact) mass is 923 g/mol. The van der Waals surface area contributed by atoms with Gasteiger partial charge in [0.05, 0.1) is 12.7 Å². The Kier molecular flexibility index (Phi) is 34.8. The van der Waals surface area contributed by atoms with Crippen molar-refractivity contribution >= 4 is 19.8 Å². The number of aliphatic hydroxyl groups excluding tert-OH is 6. The number of carbonyl (C=O) groups excluding carboxylic acids is 2. The van der Waals surface area contributed by atoms with Crippen LogP contribution in [-0.4, -0.2) is 110 Å². The van der Waals surface area contributed by atoms with Gasteiger partial charge in [-0.05, 0) is 77.0 Å². The molecular formula is C49H79O14P. The van der Waals surface area contributed by atoms with Gasteiger partial charge in [0.2, 0.25) is 0 Å². The molecule has 0 bridgehead atoms. The Hall–Kier alpha value is -3.27. The summed E-state index contributed by atoms with van der Waals surface area (Å²) in [6, 6.07) is 0. The molecule has 7 N–H and O–H groups in total. The molecule has 1 fully saturated rings. The predicted octanol–water partition coefficient (Wildman–Crippen LogP) is 8.02. The van der Waals surface area contributed by atoms with Crippen molar-refractivity contribution in [2.45, 2.75) is 185 Å². The van der Waals surface area contributed by atoms with Gasteiger partial charge < -0.3 is 45.0 Å². The summed E-state index contributed by atoms with van der Waals surface area (Å²) in [7, 11) is -5.17. The molecule has 64 heavy (non-hydrogen) atoms. The van der Waals surface area contributed by atoms with Crippen molar-refractivity contribution in [3.63, 3.8) is 0 Å². The van der Waals surface area contributed by atoms with Crippen LogP contribution in [0.4, 0.5) is 0 Å². The maximum atomic E-state index is 12.8. The highest BCUT2D eigenvalue weighted by atomic mass is 31.2. The minimum absolute atomic E-state index is 0.0378. The molecule has 364 valence electrons. The molecule has 0 aliphatic heterocycles. The van der Waals surface area contributed by atoms with E-state index in [0.29, 0.717) is 12.8 Å². The first-order valence-electron chi connectivity index (χ1n) is 23.1. The molecule has 1 aliphatic rings. The molecule has 15 heteroatoms. The molecule has 0 radical (unpaired) electrons. The first kappa shape index (κ1) is 58.7. The number of carbonyl (C=O) groups is 2. The van der Waals surface area contributed by atoms with Crippen LogP contribution in [-0.2, 0) is 32.7 Å².